The third kappa shape index (κ3) is 3.85. The minimum Gasteiger partial charge on any atom is -0.396 e. The lowest BCUT2D eigenvalue weighted by molar-refractivity contribution is -0.525. The maximum Gasteiger partial charge on any atom is 0.466 e. The number of carbonyl (C=O) groups excluding carboxylic acids is 1. The number of ether oxygens (including phenoxy) is 2. The number of rotatable bonds is 5. The Balaban J connectivity index is 2.41. The van der Waals surface area contributed by atoms with E-state index in [2.05, 4.69) is 9.47 Å². The van der Waals surface area contributed by atoms with Crippen LogP contribution >= 0.6 is 0 Å². The van der Waals surface area contributed by atoms with Gasteiger partial charge in [0.05, 0.1) is 5.92 Å². The summed E-state index contributed by atoms with van der Waals surface area (Å²) < 4.78 is 150. The minimum absolute atomic E-state index is 0.135. The highest BCUT2D eigenvalue weighted by Gasteiger charge is 2.81. The highest BCUT2D eigenvalue weighted by molar-refractivity contribution is 5.74. The standard InChI is InChI=1S/C15H13F11O4/c1-10(12(16,17)18,13(19,20)21)30-11(28,14(22,23)24)15(25,26)29-9(27)8-5-6-2-3-7(8)4-6/h2-3,6-8,28H,4-5H2,1H3. The molecular weight excluding hydrogens is 453 g/mol. The van der Waals surface area contributed by atoms with Gasteiger partial charge in [-0.3, -0.25) is 4.79 Å². The van der Waals surface area contributed by atoms with Crippen molar-refractivity contribution in [1.82, 2.24) is 0 Å². The molecule has 4 nitrogen and oxygen atoms in total. The van der Waals surface area contributed by atoms with Crippen molar-refractivity contribution in [3.63, 3.8) is 0 Å². The summed E-state index contributed by atoms with van der Waals surface area (Å²) in [5.41, 5.74) is -5.89. The molecule has 0 saturated heterocycles. The lowest BCUT2D eigenvalue weighted by Gasteiger charge is -2.43. The molecule has 1 saturated carbocycles. The van der Waals surface area contributed by atoms with Gasteiger partial charge in [-0.15, -0.1) is 0 Å². The molecule has 0 heterocycles. The molecule has 15 heteroatoms. The summed E-state index contributed by atoms with van der Waals surface area (Å²) in [6.45, 7) is -1.03. The Kier molecular flexibility index (Phi) is 5.69. The summed E-state index contributed by atoms with van der Waals surface area (Å²) in [5, 5.41) is 9.27. The maximum absolute atomic E-state index is 14.1. The average molecular weight is 466 g/mol. The third-order valence-electron chi connectivity index (χ3n) is 5.02. The zero-order valence-corrected chi connectivity index (χ0v) is 14.6. The van der Waals surface area contributed by atoms with Crippen LogP contribution in [0.15, 0.2) is 12.2 Å². The molecule has 4 atom stereocenters. The van der Waals surface area contributed by atoms with E-state index in [9.17, 15) is 58.2 Å². The first-order valence-electron chi connectivity index (χ1n) is 8.08. The van der Waals surface area contributed by atoms with Crippen molar-refractivity contribution in [2.45, 2.75) is 55.8 Å². The molecular formula is C15H13F11O4. The number of hydrogen-bond acceptors (Lipinski definition) is 4. The Bertz CT molecular complexity index is 695. The number of carbonyl (C=O) groups is 1. The van der Waals surface area contributed by atoms with Crippen LogP contribution in [0.2, 0.25) is 0 Å². The fourth-order valence-electron chi connectivity index (χ4n) is 3.18. The molecule has 0 spiro atoms. The van der Waals surface area contributed by atoms with Crippen molar-refractivity contribution in [2.75, 3.05) is 0 Å². The van der Waals surface area contributed by atoms with E-state index in [1.807, 2.05) is 0 Å². The number of fused-ring (bicyclic) bond motifs is 2. The first kappa shape index (κ1) is 24.6. The van der Waals surface area contributed by atoms with Gasteiger partial charge in [0, 0.05) is 0 Å². The molecule has 2 bridgehead atoms. The second kappa shape index (κ2) is 6.93. The molecule has 0 aromatic heterocycles. The molecule has 4 unspecified atom stereocenters. The fourth-order valence-corrected chi connectivity index (χ4v) is 3.18. The second-order valence-corrected chi connectivity index (χ2v) is 7.10. The van der Waals surface area contributed by atoms with Crippen LogP contribution in [0.4, 0.5) is 48.3 Å². The summed E-state index contributed by atoms with van der Waals surface area (Å²) in [4.78, 5) is 11.9. The summed E-state index contributed by atoms with van der Waals surface area (Å²) in [7, 11) is 0. The molecule has 1 fully saturated rings. The van der Waals surface area contributed by atoms with Crippen LogP contribution in [0, 0.1) is 17.8 Å². The van der Waals surface area contributed by atoms with Gasteiger partial charge in [0.15, 0.2) is 0 Å². The lowest BCUT2D eigenvalue weighted by Crippen LogP contribution is -2.70. The predicted octanol–water partition coefficient (Wildman–Crippen LogP) is 4.49. The SMILES string of the molecule is CC(OC(O)(C(F)(F)F)C(F)(F)OC(=O)C1CC2C=CC1C2)(C(F)(F)F)C(F)(F)F. The van der Waals surface area contributed by atoms with Gasteiger partial charge in [0.2, 0.25) is 0 Å². The van der Waals surface area contributed by atoms with Crippen molar-refractivity contribution in [3.8, 4) is 0 Å². The van der Waals surface area contributed by atoms with Gasteiger partial charge in [-0.25, -0.2) is 0 Å². The molecule has 0 aliphatic heterocycles. The Labute approximate surface area is 160 Å². The first-order chi connectivity index (χ1) is 13.2. The van der Waals surface area contributed by atoms with Crippen molar-refractivity contribution in [2.24, 2.45) is 17.8 Å². The number of halogens is 11. The van der Waals surface area contributed by atoms with Gasteiger partial charge in [-0.2, -0.15) is 48.3 Å². The Morgan fingerprint density at radius 3 is 1.70 bits per heavy atom. The van der Waals surface area contributed by atoms with E-state index < -0.39 is 60.8 Å². The molecule has 0 amide bonds. The number of alkyl halides is 11. The molecule has 174 valence electrons. The van der Waals surface area contributed by atoms with E-state index in [-0.39, 0.29) is 18.8 Å². The number of esters is 1. The van der Waals surface area contributed by atoms with Crippen LogP contribution in [0.1, 0.15) is 19.8 Å². The predicted molar refractivity (Wildman–Crippen MR) is 72.5 cm³/mol. The Hall–Kier alpha value is -1.64. The van der Waals surface area contributed by atoms with Crippen molar-refractivity contribution in [1.29, 1.82) is 0 Å². The number of allylic oxidation sites excluding steroid dienone is 2. The van der Waals surface area contributed by atoms with Crippen LogP contribution in [-0.4, -0.2) is 47.1 Å². The van der Waals surface area contributed by atoms with E-state index in [0.717, 1.165) is 0 Å². The van der Waals surface area contributed by atoms with E-state index in [0.29, 0.717) is 0 Å². The van der Waals surface area contributed by atoms with Crippen LogP contribution in [-0.2, 0) is 14.3 Å². The fraction of sp³-hybridized carbons (Fsp3) is 0.800. The van der Waals surface area contributed by atoms with Gasteiger partial charge in [-0.1, -0.05) is 12.2 Å². The van der Waals surface area contributed by atoms with Gasteiger partial charge >= 0.3 is 36.4 Å². The number of hydrogen-bond donors (Lipinski definition) is 1. The van der Waals surface area contributed by atoms with Crippen LogP contribution < -0.4 is 0 Å². The molecule has 2 rings (SSSR count). The van der Waals surface area contributed by atoms with Gasteiger partial charge in [0.1, 0.15) is 0 Å². The molecule has 30 heavy (non-hydrogen) atoms. The molecule has 2 aliphatic rings. The smallest absolute Gasteiger partial charge is 0.396 e. The monoisotopic (exact) mass is 466 g/mol. The minimum atomic E-state index is -6.94. The van der Waals surface area contributed by atoms with Gasteiger partial charge < -0.3 is 14.6 Å². The summed E-state index contributed by atoms with van der Waals surface area (Å²) in [6.07, 6.45) is -23.6. The largest absolute Gasteiger partial charge is 0.466 e. The highest BCUT2D eigenvalue weighted by atomic mass is 19.4. The highest BCUT2D eigenvalue weighted by Crippen LogP contribution is 2.54. The van der Waals surface area contributed by atoms with Crippen molar-refractivity contribution < 1.29 is 67.7 Å². The molecule has 1 N–H and O–H groups in total. The third-order valence-corrected chi connectivity index (χ3v) is 5.02. The van der Waals surface area contributed by atoms with Crippen LogP contribution in [0.3, 0.4) is 0 Å². The van der Waals surface area contributed by atoms with E-state index >= 15 is 0 Å². The summed E-state index contributed by atoms with van der Waals surface area (Å²) in [5.74, 6) is -10.9. The van der Waals surface area contributed by atoms with Gasteiger partial charge in [0.25, 0.3) is 5.60 Å². The lowest BCUT2D eigenvalue weighted by atomic mass is 9.94. The molecule has 0 aromatic rings. The normalized spacial score (nSPS) is 27.3. The van der Waals surface area contributed by atoms with Crippen molar-refractivity contribution in [3.05, 3.63) is 12.2 Å². The topological polar surface area (TPSA) is 55.8 Å². The van der Waals surface area contributed by atoms with Crippen LogP contribution in [0.25, 0.3) is 0 Å². The second-order valence-electron chi connectivity index (χ2n) is 7.10. The molecule has 0 radical (unpaired) electrons. The summed E-state index contributed by atoms with van der Waals surface area (Å²) in [6, 6.07) is 0. The van der Waals surface area contributed by atoms with Gasteiger partial charge in [-0.05, 0) is 31.6 Å². The van der Waals surface area contributed by atoms with E-state index in [1.54, 1.807) is 6.08 Å². The maximum atomic E-state index is 14.1. The Morgan fingerprint density at radius 1 is 0.867 bits per heavy atom. The van der Waals surface area contributed by atoms with Crippen molar-refractivity contribution >= 4 is 5.97 Å². The Morgan fingerprint density at radius 2 is 1.37 bits per heavy atom. The zero-order chi connectivity index (χ0) is 23.6. The zero-order valence-electron chi connectivity index (χ0n) is 14.6. The van der Waals surface area contributed by atoms with E-state index in [1.165, 1.54) is 6.08 Å². The first-order valence-corrected chi connectivity index (χ1v) is 8.08. The summed E-state index contributed by atoms with van der Waals surface area (Å²) >= 11 is 0. The van der Waals surface area contributed by atoms with Crippen LogP contribution in [0.5, 0.6) is 0 Å². The van der Waals surface area contributed by atoms with E-state index in [4.69, 9.17) is 0 Å². The average Bonchev–Trinajstić information content (AvgIpc) is 3.13. The molecule has 0 aromatic carbocycles. The molecule has 2 aliphatic carbocycles. The quantitative estimate of drug-likeness (QED) is 0.281. The number of aliphatic hydroxyl groups is 1.